The van der Waals surface area contributed by atoms with Crippen LogP contribution in [0.5, 0.6) is 0 Å². The van der Waals surface area contributed by atoms with Crippen molar-refractivity contribution in [1.82, 2.24) is 0 Å². The number of hydrogen-bond acceptors (Lipinski definition) is 2. The van der Waals surface area contributed by atoms with Gasteiger partial charge in [-0.1, -0.05) is 34.8 Å². The Morgan fingerprint density at radius 1 is 1.08 bits per heavy atom. The number of benzene rings is 1. The van der Waals surface area contributed by atoms with Gasteiger partial charge >= 0.3 is 0 Å². The number of rotatable bonds is 1. The molecule has 0 atom stereocenters. The van der Waals surface area contributed by atoms with E-state index in [0.29, 0.717) is 0 Å². The van der Waals surface area contributed by atoms with Gasteiger partial charge in [-0.3, -0.25) is 4.55 Å². The molecule has 0 aliphatic carbocycles. The molecular weight excluding hydrogens is 258 g/mol. The largest absolute Gasteiger partial charge is 0.296 e. The van der Waals surface area contributed by atoms with Gasteiger partial charge in [-0.25, -0.2) is 0 Å². The minimum Gasteiger partial charge on any atom is -0.282 e. The molecule has 0 saturated carbocycles. The van der Waals surface area contributed by atoms with Gasteiger partial charge in [0.15, 0.2) is 0 Å². The molecule has 72 valence electrons. The molecule has 0 aliphatic heterocycles. The Morgan fingerprint density at radius 3 is 2.08 bits per heavy atom. The van der Waals surface area contributed by atoms with Crippen LogP contribution in [0.3, 0.4) is 0 Å². The third kappa shape index (κ3) is 2.27. The second kappa shape index (κ2) is 3.63. The molecule has 1 N–H and O–H groups in total. The summed E-state index contributed by atoms with van der Waals surface area (Å²) < 4.78 is 30.0. The van der Waals surface area contributed by atoms with E-state index in [1.807, 2.05) is 0 Å². The van der Waals surface area contributed by atoms with Crippen LogP contribution in [0.25, 0.3) is 0 Å². The lowest BCUT2D eigenvalue weighted by molar-refractivity contribution is 0.483. The lowest BCUT2D eigenvalue weighted by atomic mass is 10.4. The monoisotopic (exact) mass is 260 g/mol. The first-order valence-electron chi connectivity index (χ1n) is 2.95. The Bertz CT molecular complexity index is 441. The normalized spacial score (nSPS) is 11.7. The lowest BCUT2D eigenvalue weighted by Gasteiger charge is -2.03. The maximum Gasteiger partial charge on any atom is 0.296 e. The highest BCUT2D eigenvalue weighted by atomic mass is 35.5. The Labute approximate surface area is 90.0 Å². The van der Waals surface area contributed by atoms with Crippen molar-refractivity contribution in [3.63, 3.8) is 0 Å². The zero-order chi connectivity index (χ0) is 10.2. The predicted octanol–water partition coefficient (Wildman–Crippen LogP) is 2.89. The summed E-state index contributed by atoms with van der Waals surface area (Å²) >= 11 is 16.6. The number of hydrogen-bond donors (Lipinski definition) is 1. The molecule has 1 aromatic carbocycles. The van der Waals surface area contributed by atoms with E-state index in [1.54, 1.807) is 0 Å². The fraction of sp³-hybridized carbons (Fsp3) is 0. The van der Waals surface area contributed by atoms with Crippen LogP contribution in [0.1, 0.15) is 0 Å². The quantitative estimate of drug-likeness (QED) is 0.625. The predicted molar refractivity (Wildman–Crippen MR) is 51.3 cm³/mol. The molecule has 0 aliphatic rings. The van der Waals surface area contributed by atoms with Crippen molar-refractivity contribution in [1.29, 1.82) is 0 Å². The number of halogens is 3. The smallest absolute Gasteiger partial charge is 0.282 e. The summed E-state index contributed by atoms with van der Waals surface area (Å²) in [6, 6.07) is 2.31. The van der Waals surface area contributed by atoms with Gasteiger partial charge < -0.3 is 0 Å². The van der Waals surface area contributed by atoms with Crippen LogP contribution in [-0.2, 0) is 10.1 Å². The van der Waals surface area contributed by atoms with Crippen LogP contribution in [0.15, 0.2) is 17.0 Å². The van der Waals surface area contributed by atoms with E-state index < -0.39 is 15.0 Å². The first-order valence-corrected chi connectivity index (χ1v) is 5.52. The fourth-order valence-electron chi connectivity index (χ4n) is 0.707. The average Bonchev–Trinajstić information content (AvgIpc) is 1.98. The third-order valence-electron chi connectivity index (χ3n) is 1.28. The van der Waals surface area contributed by atoms with Crippen LogP contribution >= 0.6 is 34.8 Å². The van der Waals surface area contributed by atoms with Gasteiger partial charge in [0.2, 0.25) is 0 Å². The molecule has 0 heterocycles. The lowest BCUT2D eigenvalue weighted by Crippen LogP contribution is -1.99. The van der Waals surface area contributed by atoms with Crippen molar-refractivity contribution >= 4 is 44.9 Å². The van der Waals surface area contributed by atoms with Gasteiger partial charge in [0, 0.05) is 0 Å². The summed E-state index contributed by atoms with van der Waals surface area (Å²) in [5.74, 6) is 0. The standard InChI is InChI=1S/C6H3Cl3O3S/c7-3-1-2-4(13(10,11)12)6(9)5(3)8/h1-2H,(H,10,11,12). The second-order valence-electron chi connectivity index (χ2n) is 2.15. The highest BCUT2D eigenvalue weighted by molar-refractivity contribution is 7.86. The van der Waals surface area contributed by atoms with Crippen molar-refractivity contribution < 1.29 is 13.0 Å². The minimum absolute atomic E-state index is 0.0986. The van der Waals surface area contributed by atoms with E-state index in [9.17, 15) is 8.42 Å². The summed E-state index contributed by atoms with van der Waals surface area (Å²) in [4.78, 5) is -0.455. The molecule has 0 spiro atoms. The molecule has 0 aromatic heterocycles. The van der Waals surface area contributed by atoms with Gasteiger partial charge in [0.05, 0.1) is 15.1 Å². The molecule has 1 rings (SSSR count). The van der Waals surface area contributed by atoms with E-state index in [4.69, 9.17) is 39.4 Å². The minimum atomic E-state index is -4.35. The molecular formula is C6H3Cl3O3S. The fourth-order valence-corrected chi connectivity index (χ4v) is 2.16. The SMILES string of the molecule is O=S(=O)(O)c1ccc(Cl)c(Cl)c1Cl. The second-order valence-corrected chi connectivity index (χ2v) is 4.70. The highest BCUT2D eigenvalue weighted by Crippen LogP contribution is 2.34. The highest BCUT2D eigenvalue weighted by Gasteiger charge is 2.18. The molecule has 0 fully saturated rings. The Kier molecular flexibility index (Phi) is 3.09. The molecule has 0 radical (unpaired) electrons. The molecule has 0 bridgehead atoms. The van der Waals surface area contributed by atoms with Crippen molar-refractivity contribution in [3.8, 4) is 0 Å². The van der Waals surface area contributed by atoms with Crippen LogP contribution in [-0.4, -0.2) is 13.0 Å². The molecule has 3 nitrogen and oxygen atoms in total. The molecule has 0 unspecified atom stereocenters. The topological polar surface area (TPSA) is 54.4 Å². The van der Waals surface area contributed by atoms with Crippen molar-refractivity contribution in [2.75, 3.05) is 0 Å². The van der Waals surface area contributed by atoms with Crippen molar-refractivity contribution in [2.24, 2.45) is 0 Å². The van der Waals surface area contributed by atoms with Crippen LogP contribution < -0.4 is 0 Å². The zero-order valence-corrected chi connectivity index (χ0v) is 9.04. The summed E-state index contributed by atoms with van der Waals surface area (Å²) in [6.45, 7) is 0. The average molecular weight is 262 g/mol. The van der Waals surface area contributed by atoms with Crippen molar-refractivity contribution in [3.05, 3.63) is 27.2 Å². The summed E-state index contributed by atoms with van der Waals surface area (Å²) in [5.41, 5.74) is 0. The maximum atomic E-state index is 10.7. The van der Waals surface area contributed by atoms with Crippen LogP contribution in [0, 0.1) is 0 Å². The molecule has 7 heteroatoms. The van der Waals surface area contributed by atoms with Gasteiger partial charge in [0.25, 0.3) is 10.1 Å². The molecule has 0 saturated heterocycles. The van der Waals surface area contributed by atoms with Crippen LogP contribution in [0.2, 0.25) is 15.1 Å². The summed E-state index contributed by atoms with van der Waals surface area (Å²) in [5, 5.41) is -0.255. The van der Waals surface area contributed by atoms with E-state index >= 15 is 0 Å². The van der Waals surface area contributed by atoms with Gasteiger partial charge in [-0.05, 0) is 12.1 Å². The first kappa shape index (κ1) is 11.1. The van der Waals surface area contributed by atoms with Gasteiger partial charge in [0.1, 0.15) is 4.90 Å². The third-order valence-corrected chi connectivity index (χ3v) is 3.58. The van der Waals surface area contributed by atoms with E-state index in [-0.39, 0.29) is 15.1 Å². The maximum absolute atomic E-state index is 10.7. The van der Waals surface area contributed by atoms with E-state index in [0.717, 1.165) is 6.07 Å². The Morgan fingerprint density at radius 2 is 1.62 bits per heavy atom. The Balaban J connectivity index is 3.53. The van der Waals surface area contributed by atoms with E-state index in [2.05, 4.69) is 0 Å². The molecule has 13 heavy (non-hydrogen) atoms. The molecule has 1 aromatic rings. The molecule has 0 amide bonds. The van der Waals surface area contributed by atoms with Gasteiger partial charge in [-0.2, -0.15) is 8.42 Å². The zero-order valence-electron chi connectivity index (χ0n) is 5.96. The van der Waals surface area contributed by atoms with Crippen molar-refractivity contribution in [2.45, 2.75) is 4.90 Å². The van der Waals surface area contributed by atoms with Gasteiger partial charge in [-0.15, -0.1) is 0 Å². The first-order chi connectivity index (χ1) is 5.84. The van der Waals surface area contributed by atoms with E-state index in [1.165, 1.54) is 6.07 Å². The van der Waals surface area contributed by atoms with Crippen LogP contribution in [0.4, 0.5) is 0 Å². The summed E-state index contributed by atoms with van der Waals surface area (Å²) in [7, 11) is -4.35. The summed E-state index contributed by atoms with van der Waals surface area (Å²) in [6.07, 6.45) is 0. The Hall–Kier alpha value is -0.000000000000000167.